The van der Waals surface area contributed by atoms with Gasteiger partial charge in [0.1, 0.15) is 0 Å². The van der Waals surface area contributed by atoms with E-state index >= 15 is 0 Å². The Morgan fingerprint density at radius 1 is 1.35 bits per heavy atom. The molecule has 2 heterocycles. The summed E-state index contributed by atoms with van der Waals surface area (Å²) in [6, 6.07) is 0. The second-order valence-electron chi connectivity index (χ2n) is 7.08. The van der Waals surface area contributed by atoms with Crippen molar-refractivity contribution in [1.82, 2.24) is 9.99 Å². The van der Waals surface area contributed by atoms with E-state index in [2.05, 4.69) is 10.1 Å². The standard InChI is InChI=1S/C14H27N2O8PS/c1-14(2)10-23-25(19,16-6-8-26(20,21)9-7-16)24-12(14)13(18)15-5-4-11(17)22-3/h12,19,25H,4-10H2,1-3H3,(H,15,18)/t12-/m0/s1. The molecule has 0 aromatic rings. The second-order valence-corrected chi connectivity index (χ2v) is 11.6. The Labute approximate surface area is 153 Å². The zero-order valence-corrected chi connectivity index (χ0v) is 17.0. The number of hydrogen-bond acceptors (Lipinski definition) is 9. The number of esters is 1. The van der Waals surface area contributed by atoms with E-state index in [4.69, 9.17) is 9.05 Å². The maximum absolute atomic E-state index is 12.5. The van der Waals surface area contributed by atoms with E-state index in [1.165, 1.54) is 11.8 Å². The summed E-state index contributed by atoms with van der Waals surface area (Å²) in [6.07, 6.45) is -0.957. The molecule has 2 aliphatic heterocycles. The van der Waals surface area contributed by atoms with Crippen LogP contribution in [0.2, 0.25) is 0 Å². The Hall–Kier alpha value is -0.840. The Kier molecular flexibility index (Phi) is 6.63. The maximum atomic E-state index is 12.5. The van der Waals surface area contributed by atoms with Gasteiger partial charge in [0.15, 0.2) is 0 Å². The van der Waals surface area contributed by atoms with Crippen molar-refractivity contribution in [3.63, 3.8) is 0 Å². The van der Waals surface area contributed by atoms with Gasteiger partial charge in [0, 0.05) is 0 Å². The average Bonchev–Trinajstić information content (AvgIpc) is 2.56. The first-order chi connectivity index (χ1) is 12.0. The fourth-order valence-electron chi connectivity index (χ4n) is 2.75. The van der Waals surface area contributed by atoms with E-state index in [0.29, 0.717) is 0 Å². The van der Waals surface area contributed by atoms with Crippen LogP contribution in [-0.2, 0) is 33.2 Å². The molecule has 26 heavy (non-hydrogen) atoms. The van der Waals surface area contributed by atoms with Crippen LogP contribution in [0.25, 0.3) is 0 Å². The van der Waals surface area contributed by atoms with Gasteiger partial charge in [0.05, 0.1) is 0 Å². The molecule has 152 valence electrons. The number of hydrogen-bond donors (Lipinski definition) is 2. The van der Waals surface area contributed by atoms with Crippen LogP contribution in [0, 0.1) is 5.41 Å². The van der Waals surface area contributed by atoms with E-state index in [9.17, 15) is 22.9 Å². The molecule has 2 fully saturated rings. The third-order valence-electron chi connectivity index (χ3n) is 4.45. The zero-order valence-electron chi connectivity index (χ0n) is 15.2. The number of nitrogens with zero attached hydrogens (tertiary/aromatic N) is 1. The molecule has 0 aromatic heterocycles. The number of carbonyl (C=O) groups excluding carboxylic acids is 2. The summed E-state index contributed by atoms with van der Waals surface area (Å²) in [7, 11) is -5.72. The normalized spacial score (nSPS) is 28.7. The Morgan fingerprint density at radius 3 is 2.54 bits per heavy atom. The van der Waals surface area contributed by atoms with Gasteiger partial charge in [-0.1, -0.05) is 0 Å². The van der Waals surface area contributed by atoms with Gasteiger partial charge in [-0.05, 0) is 0 Å². The summed E-state index contributed by atoms with van der Waals surface area (Å²) in [5.74, 6) is -1.08. The van der Waals surface area contributed by atoms with Crippen LogP contribution < -0.4 is 5.32 Å². The van der Waals surface area contributed by atoms with Crippen LogP contribution in [0.3, 0.4) is 0 Å². The monoisotopic (exact) mass is 414 g/mol. The van der Waals surface area contributed by atoms with Gasteiger partial charge in [0.25, 0.3) is 0 Å². The Morgan fingerprint density at radius 2 is 1.96 bits per heavy atom. The van der Waals surface area contributed by atoms with E-state index in [0.717, 1.165) is 0 Å². The molecule has 1 amide bonds. The van der Waals surface area contributed by atoms with Gasteiger partial charge < -0.3 is 0 Å². The topological polar surface area (TPSA) is 131 Å². The van der Waals surface area contributed by atoms with Gasteiger partial charge in [-0.25, -0.2) is 0 Å². The molecule has 0 unspecified atom stereocenters. The summed E-state index contributed by atoms with van der Waals surface area (Å²) >= 11 is 0. The molecular formula is C14H27N2O8PS. The Balaban J connectivity index is 2.03. The van der Waals surface area contributed by atoms with Gasteiger partial charge in [-0.15, -0.1) is 0 Å². The van der Waals surface area contributed by atoms with Crippen LogP contribution in [0.5, 0.6) is 0 Å². The van der Waals surface area contributed by atoms with Crippen LogP contribution >= 0.6 is 8.09 Å². The molecule has 1 atom stereocenters. The molecule has 12 heteroatoms. The summed E-state index contributed by atoms with van der Waals surface area (Å²) in [4.78, 5) is 34.5. The fourth-order valence-corrected chi connectivity index (χ4v) is 6.76. The summed E-state index contributed by atoms with van der Waals surface area (Å²) in [5, 5.41) is 2.60. The summed E-state index contributed by atoms with van der Waals surface area (Å²) < 4.78 is 40.5. The predicted molar refractivity (Wildman–Crippen MR) is 95.0 cm³/mol. The molecule has 0 spiro atoms. The molecule has 0 aromatic carbocycles. The quantitative estimate of drug-likeness (QED) is 0.440. The van der Waals surface area contributed by atoms with Crippen molar-refractivity contribution in [2.45, 2.75) is 26.4 Å². The molecular weight excluding hydrogens is 387 g/mol. The van der Waals surface area contributed by atoms with Crippen LogP contribution in [0.15, 0.2) is 0 Å². The third-order valence-corrected chi connectivity index (χ3v) is 8.37. The number of amides is 1. The van der Waals surface area contributed by atoms with Crippen molar-refractivity contribution in [3.05, 3.63) is 0 Å². The molecule has 2 N–H and O–H groups in total. The molecule has 10 nitrogen and oxygen atoms in total. The average molecular weight is 414 g/mol. The summed E-state index contributed by atoms with van der Waals surface area (Å²) in [5.41, 5.74) is -0.698. The van der Waals surface area contributed by atoms with Gasteiger partial charge >= 0.3 is 153 Å². The zero-order chi connectivity index (χ0) is 19.6. The first kappa shape index (κ1) is 21.5. The minimum absolute atomic E-state index is 0.0254. The SMILES string of the molecule is COC(=O)CCNC(=O)[C@@H]1O[PH](O)(N2CCS(=O)(=O)CC2)OCC1(C)C. The van der Waals surface area contributed by atoms with Crippen molar-refractivity contribution in [1.29, 1.82) is 0 Å². The van der Waals surface area contributed by atoms with Gasteiger partial charge in [-0.2, -0.15) is 0 Å². The first-order valence-electron chi connectivity index (χ1n) is 8.33. The van der Waals surface area contributed by atoms with Gasteiger partial charge in [0.2, 0.25) is 0 Å². The molecule has 0 radical (unpaired) electrons. The molecule has 0 saturated carbocycles. The molecule has 0 aliphatic carbocycles. The Bertz CT molecular complexity index is 641. The number of sulfone groups is 1. The van der Waals surface area contributed by atoms with Gasteiger partial charge in [-0.3, -0.25) is 0 Å². The van der Waals surface area contributed by atoms with E-state index < -0.39 is 41.3 Å². The van der Waals surface area contributed by atoms with Crippen molar-refractivity contribution < 1.29 is 36.7 Å². The van der Waals surface area contributed by atoms with Crippen LogP contribution in [-0.4, -0.2) is 80.8 Å². The number of ether oxygens (including phenoxy) is 1. The number of rotatable bonds is 5. The van der Waals surface area contributed by atoms with Crippen molar-refractivity contribution >= 4 is 29.8 Å². The second kappa shape index (κ2) is 8.04. The van der Waals surface area contributed by atoms with Crippen molar-refractivity contribution in [2.75, 3.05) is 44.9 Å². The van der Waals surface area contributed by atoms with E-state index in [-0.39, 0.29) is 44.2 Å². The van der Waals surface area contributed by atoms with Crippen LogP contribution in [0.4, 0.5) is 0 Å². The van der Waals surface area contributed by atoms with Crippen molar-refractivity contribution in [2.24, 2.45) is 5.41 Å². The molecule has 2 aliphatic rings. The molecule has 2 rings (SSSR count). The number of nitrogens with one attached hydrogen (secondary N) is 1. The van der Waals surface area contributed by atoms with E-state index in [1.807, 2.05) is 0 Å². The molecule has 2 saturated heterocycles. The first-order valence-corrected chi connectivity index (χ1v) is 11.9. The van der Waals surface area contributed by atoms with Crippen molar-refractivity contribution in [3.8, 4) is 0 Å². The number of carbonyl (C=O) groups is 2. The number of methoxy groups -OCH3 is 1. The molecule has 0 bridgehead atoms. The minimum atomic E-state index is -3.86. The fraction of sp³-hybridized carbons (Fsp3) is 0.857. The summed E-state index contributed by atoms with van der Waals surface area (Å²) in [6.45, 7) is 3.92. The van der Waals surface area contributed by atoms with Crippen LogP contribution in [0.1, 0.15) is 20.3 Å². The third kappa shape index (κ3) is 5.11. The van der Waals surface area contributed by atoms with E-state index in [1.54, 1.807) is 13.8 Å². The predicted octanol–water partition coefficient (Wildman–Crippen LogP) is -0.760.